The SMILES string of the molecule is CN1CCN(c2ncncc2CNC2CC2)CC1. The molecule has 1 aliphatic heterocycles. The van der Waals surface area contributed by atoms with Crippen LogP contribution in [0.5, 0.6) is 0 Å². The zero-order chi connectivity index (χ0) is 12.4. The lowest BCUT2D eigenvalue weighted by molar-refractivity contribution is 0.311. The van der Waals surface area contributed by atoms with E-state index in [1.807, 2.05) is 6.20 Å². The van der Waals surface area contributed by atoms with Crippen LogP contribution < -0.4 is 10.2 Å². The topological polar surface area (TPSA) is 44.3 Å². The minimum Gasteiger partial charge on any atom is -0.354 e. The quantitative estimate of drug-likeness (QED) is 0.838. The van der Waals surface area contributed by atoms with Gasteiger partial charge in [-0.25, -0.2) is 9.97 Å². The highest BCUT2D eigenvalue weighted by Gasteiger charge is 2.22. The molecule has 5 nitrogen and oxygen atoms in total. The highest BCUT2D eigenvalue weighted by molar-refractivity contribution is 5.45. The van der Waals surface area contributed by atoms with E-state index in [2.05, 4.69) is 32.1 Å². The Labute approximate surface area is 108 Å². The van der Waals surface area contributed by atoms with E-state index in [1.165, 1.54) is 18.4 Å². The summed E-state index contributed by atoms with van der Waals surface area (Å²) in [5.41, 5.74) is 1.23. The van der Waals surface area contributed by atoms with Gasteiger partial charge in [0.25, 0.3) is 0 Å². The van der Waals surface area contributed by atoms with Crippen molar-refractivity contribution in [2.45, 2.75) is 25.4 Å². The van der Waals surface area contributed by atoms with E-state index in [0.29, 0.717) is 0 Å². The standard InChI is InChI=1S/C13H21N5/c1-17-4-6-18(7-5-17)13-11(8-14-10-16-13)9-15-12-2-3-12/h8,10,12,15H,2-7,9H2,1H3. The van der Waals surface area contributed by atoms with Gasteiger partial charge < -0.3 is 15.1 Å². The minimum atomic E-state index is 0.727. The Kier molecular flexibility index (Phi) is 3.43. The molecule has 0 unspecified atom stereocenters. The number of likely N-dealkylation sites (N-methyl/N-ethyl adjacent to an activating group) is 1. The molecule has 0 bridgehead atoms. The molecule has 2 fully saturated rings. The van der Waals surface area contributed by atoms with Gasteiger partial charge in [-0.3, -0.25) is 0 Å². The van der Waals surface area contributed by atoms with Crippen molar-refractivity contribution in [2.24, 2.45) is 0 Å². The van der Waals surface area contributed by atoms with Crippen molar-refractivity contribution in [1.82, 2.24) is 20.2 Å². The molecule has 98 valence electrons. The highest BCUT2D eigenvalue weighted by atomic mass is 15.3. The third-order valence-corrected chi connectivity index (χ3v) is 3.73. The summed E-state index contributed by atoms with van der Waals surface area (Å²) in [5, 5.41) is 3.54. The number of rotatable bonds is 4. The number of anilines is 1. The molecular formula is C13H21N5. The molecule has 18 heavy (non-hydrogen) atoms. The predicted octanol–water partition coefficient (Wildman–Crippen LogP) is 0.480. The molecule has 1 aliphatic carbocycles. The average Bonchev–Trinajstić information content (AvgIpc) is 3.22. The van der Waals surface area contributed by atoms with Crippen molar-refractivity contribution in [1.29, 1.82) is 0 Å². The second kappa shape index (κ2) is 5.20. The van der Waals surface area contributed by atoms with Crippen molar-refractivity contribution >= 4 is 5.82 Å². The van der Waals surface area contributed by atoms with Crippen LogP contribution in [0.15, 0.2) is 12.5 Å². The van der Waals surface area contributed by atoms with Gasteiger partial charge in [0.2, 0.25) is 0 Å². The van der Waals surface area contributed by atoms with Gasteiger partial charge in [0.05, 0.1) is 0 Å². The van der Waals surface area contributed by atoms with E-state index in [9.17, 15) is 0 Å². The fourth-order valence-corrected chi connectivity index (χ4v) is 2.32. The molecule has 0 aromatic carbocycles. The first-order chi connectivity index (χ1) is 8.83. The van der Waals surface area contributed by atoms with Gasteiger partial charge in [-0.05, 0) is 19.9 Å². The van der Waals surface area contributed by atoms with Crippen LogP contribution in [0.4, 0.5) is 5.82 Å². The number of hydrogen-bond donors (Lipinski definition) is 1. The maximum atomic E-state index is 4.48. The monoisotopic (exact) mass is 247 g/mol. The van der Waals surface area contributed by atoms with Crippen molar-refractivity contribution in [3.05, 3.63) is 18.1 Å². The largest absolute Gasteiger partial charge is 0.354 e. The van der Waals surface area contributed by atoms with Crippen LogP contribution in [0.3, 0.4) is 0 Å². The lowest BCUT2D eigenvalue weighted by Crippen LogP contribution is -2.45. The summed E-state index contributed by atoms with van der Waals surface area (Å²) in [4.78, 5) is 13.4. The summed E-state index contributed by atoms with van der Waals surface area (Å²) >= 11 is 0. The summed E-state index contributed by atoms with van der Waals surface area (Å²) in [7, 11) is 2.17. The Hall–Kier alpha value is -1.20. The molecular weight excluding hydrogens is 226 g/mol. The summed E-state index contributed by atoms with van der Waals surface area (Å²) < 4.78 is 0. The lowest BCUT2D eigenvalue weighted by Gasteiger charge is -2.34. The minimum absolute atomic E-state index is 0.727. The normalized spacial score (nSPS) is 21.3. The Bertz CT molecular complexity index is 396. The second-order valence-electron chi connectivity index (χ2n) is 5.32. The lowest BCUT2D eigenvalue weighted by atomic mass is 10.2. The van der Waals surface area contributed by atoms with Crippen molar-refractivity contribution < 1.29 is 0 Å². The zero-order valence-corrected chi connectivity index (χ0v) is 11.0. The third kappa shape index (κ3) is 2.79. The van der Waals surface area contributed by atoms with Crippen LogP contribution in [0.1, 0.15) is 18.4 Å². The first-order valence-corrected chi connectivity index (χ1v) is 6.78. The van der Waals surface area contributed by atoms with Crippen molar-refractivity contribution in [3.8, 4) is 0 Å². The van der Waals surface area contributed by atoms with Gasteiger partial charge in [-0.15, -0.1) is 0 Å². The van der Waals surface area contributed by atoms with Crippen LogP contribution >= 0.6 is 0 Å². The second-order valence-corrected chi connectivity index (χ2v) is 5.32. The fraction of sp³-hybridized carbons (Fsp3) is 0.692. The molecule has 0 spiro atoms. The molecule has 0 amide bonds. The van der Waals surface area contributed by atoms with Gasteiger partial charge >= 0.3 is 0 Å². The van der Waals surface area contributed by atoms with Crippen LogP contribution in [0, 0.1) is 0 Å². The molecule has 5 heteroatoms. The Morgan fingerprint density at radius 1 is 1.28 bits per heavy atom. The van der Waals surface area contributed by atoms with Crippen LogP contribution in [0.25, 0.3) is 0 Å². The summed E-state index contributed by atoms with van der Waals surface area (Å²) in [5.74, 6) is 1.12. The number of piperazine rings is 1. The average molecular weight is 247 g/mol. The number of nitrogens with zero attached hydrogens (tertiary/aromatic N) is 4. The first kappa shape index (κ1) is 11.9. The molecule has 2 heterocycles. The Morgan fingerprint density at radius 2 is 2.06 bits per heavy atom. The highest BCUT2D eigenvalue weighted by Crippen LogP contribution is 2.22. The van der Waals surface area contributed by atoms with Crippen LogP contribution in [-0.2, 0) is 6.54 Å². The summed E-state index contributed by atoms with van der Waals surface area (Å²) in [6, 6.07) is 0.727. The molecule has 3 rings (SSSR count). The van der Waals surface area contributed by atoms with Crippen molar-refractivity contribution in [3.63, 3.8) is 0 Å². The maximum absolute atomic E-state index is 4.48. The molecule has 1 saturated heterocycles. The van der Waals surface area contributed by atoms with E-state index in [1.54, 1.807) is 6.33 Å². The molecule has 1 saturated carbocycles. The van der Waals surface area contributed by atoms with Gasteiger partial charge in [-0.2, -0.15) is 0 Å². The van der Waals surface area contributed by atoms with E-state index >= 15 is 0 Å². The zero-order valence-electron chi connectivity index (χ0n) is 11.0. The van der Waals surface area contributed by atoms with Gasteiger partial charge in [0, 0.05) is 50.5 Å². The first-order valence-electron chi connectivity index (χ1n) is 6.78. The molecule has 0 radical (unpaired) electrons. The molecule has 2 aliphatic rings. The fourth-order valence-electron chi connectivity index (χ4n) is 2.32. The van der Waals surface area contributed by atoms with Gasteiger partial charge in [-0.1, -0.05) is 0 Å². The van der Waals surface area contributed by atoms with E-state index in [-0.39, 0.29) is 0 Å². The van der Waals surface area contributed by atoms with E-state index in [0.717, 1.165) is 44.6 Å². The van der Waals surface area contributed by atoms with Crippen LogP contribution in [0.2, 0.25) is 0 Å². The summed E-state index contributed by atoms with van der Waals surface area (Å²) in [6.45, 7) is 5.24. The number of aromatic nitrogens is 2. The molecule has 1 N–H and O–H groups in total. The molecule has 0 atom stereocenters. The Morgan fingerprint density at radius 3 is 2.78 bits per heavy atom. The van der Waals surface area contributed by atoms with E-state index < -0.39 is 0 Å². The predicted molar refractivity (Wildman–Crippen MR) is 71.6 cm³/mol. The van der Waals surface area contributed by atoms with Gasteiger partial charge in [0.1, 0.15) is 12.1 Å². The Balaban J connectivity index is 1.69. The van der Waals surface area contributed by atoms with Gasteiger partial charge in [0.15, 0.2) is 0 Å². The summed E-state index contributed by atoms with van der Waals surface area (Å²) in [6.07, 6.45) is 6.25. The van der Waals surface area contributed by atoms with E-state index in [4.69, 9.17) is 0 Å². The molecule has 1 aromatic rings. The third-order valence-electron chi connectivity index (χ3n) is 3.73. The van der Waals surface area contributed by atoms with Crippen LogP contribution in [-0.4, -0.2) is 54.1 Å². The molecule has 1 aromatic heterocycles. The van der Waals surface area contributed by atoms with Crippen molar-refractivity contribution in [2.75, 3.05) is 38.1 Å². The maximum Gasteiger partial charge on any atom is 0.136 e. The number of hydrogen-bond acceptors (Lipinski definition) is 5. The smallest absolute Gasteiger partial charge is 0.136 e. The number of nitrogens with one attached hydrogen (secondary N) is 1.